The average Bonchev–Trinajstić information content (AvgIpc) is 2.82. The van der Waals surface area contributed by atoms with E-state index < -0.39 is 0 Å². The number of hydrogen-bond donors (Lipinski definition) is 0. The van der Waals surface area contributed by atoms with E-state index in [2.05, 4.69) is 17.1 Å². The summed E-state index contributed by atoms with van der Waals surface area (Å²) in [6.07, 6.45) is 4.34. The van der Waals surface area contributed by atoms with Crippen LogP contribution in [0.25, 0.3) is 0 Å². The molecule has 2 heterocycles. The van der Waals surface area contributed by atoms with Gasteiger partial charge in [-0.25, -0.2) is 0 Å². The van der Waals surface area contributed by atoms with E-state index in [0.717, 1.165) is 12.1 Å². The number of rotatable bonds is 3. The summed E-state index contributed by atoms with van der Waals surface area (Å²) in [6.45, 7) is 0. The molecule has 1 unspecified atom stereocenters. The summed E-state index contributed by atoms with van der Waals surface area (Å²) in [5.74, 6) is 0.714. The largest absolute Gasteiger partial charge is 0.297 e. The quantitative estimate of drug-likeness (QED) is 0.860. The third-order valence-electron chi connectivity index (χ3n) is 3.13. The molecule has 4 heteroatoms. The first-order chi connectivity index (χ1) is 9.34. The lowest BCUT2D eigenvalue weighted by Crippen LogP contribution is -2.34. The minimum atomic E-state index is 0.166. The van der Waals surface area contributed by atoms with Crippen LogP contribution in [-0.4, -0.2) is 22.0 Å². The second-order valence-corrected chi connectivity index (χ2v) is 5.60. The molecule has 1 aromatic heterocycles. The van der Waals surface area contributed by atoms with E-state index in [9.17, 15) is 4.79 Å². The molecule has 0 N–H and O–H groups in total. The lowest BCUT2D eigenvalue weighted by molar-refractivity contribution is -0.115. The highest BCUT2D eigenvalue weighted by Gasteiger charge is 2.32. The fourth-order valence-electron chi connectivity index (χ4n) is 2.24. The standard InChI is InChI=1S/C15H14N2OS/c18-14-11-19-15(9-12-5-2-1-3-6-12)17(14)13-7-4-8-16-10-13/h1-8,10,15H,9,11H2. The zero-order valence-electron chi connectivity index (χ0n) is 10.4. The lowest BCUT2D eigenvalue weighted by Gasteiger charge is -2.23. The van der Waals surface area contributed by atoms with E-state index in [1.165, 1.54) is 5.56 Å². The number of carbonyl (C=O) groups is 1. The molecule has 0 aliphatic carbocycles. The molecule has 1 aromatic carbocycles. The molecule has 0 spiro atoms. The van der Waals surface area contributed by atoms with Crippen molar-refractivity contribution >= 4 is 23.4 Å². The molecule has 1 saturated heterocycles. The summed E-state index contributed by atoms with van der Waals surface area (Å²) < 4.78 is 0. The monoisotopic (exact) mass is 270 g/mol. The predicted octanol–water partition coefficient (Wildman–Crippen LogP) is 2.73. The Balaban J connectivity index is 1.83. The van der Waals surface area contributed by atoms with Crippen LogP contribution in [0.2, 0.25) is 0 Å². The van der Waals surface area contributed by atoms with Crippen LogP contribution >= 0.6 is 11.8 Å². The third kappa shape index (κ3) is 2.63. The summed E-state index contributed by atoms with van der Waals surface area (Å²) in [5, 5.41) is 0.166. The van der Waals surface area contributed by atoms with E-state index in [0.29, 0.717) is 5.75 Å². The zero-order valence-corrected chi connectivity index (χ0v) is 11.2. The molecular formula is C15H14N2OS. The number of amides is 1. The summed E-state index contributed by atoms with van der Waals surface area (Å²) in [5.41, 5.74) is 2.14. The molecule has 3 rings (SSSR count). The van der Waals surface area contributed by atoms with Gasteiger partial charge in [0, 0.05) is 12.6 Å². The maximum absolute atomic E-state index is 12.1. The Bertz CT molecular complexity index is 559. The number of anilines is 1. The van der Waals surface area contributed by atoms with Crippen molar-refractivity contribution in [3.63, 3.8) is 0 Å². The number of thioether (sulfide) groups is 1. The smallest absolute Gasteiger partial charge is 0.238 e. The molecule has 0 bridgehead atoms. The highest BCUT2D eigenvalue weighted by Crippen LogP contribution is 2.32. The molecular weight excluding hydrogens is 256 g/mol. The van der Waals surface area contributed by atoms with Gasteiger partial charge in [0.05, 0.1) is 23.0 Å². The van der Waals surface area contributed by atoms with Crippen molar-refractivity contribution in [2.24, 2.45) is 0 Å². The van der Waals surface area contributed by atoms with Gasteiger partial charge in [-0.2, -0.15) is 0 Å². The van der Waals surface area contributed by atoms with Crippen LogP contribution in [0.1, 0.15) is 5.56 Å². The number of pyridine rings is 1. The van der Waals surface area contributed by atoms with Crippen LogP contribution in [0.15, 0.2) is 54.9 Å². The van der Waals surface area contributed by atoms with Crippen LogP contribution < -0.4 is 4.90 Å². The molecule has 1 aliphatic rings. The van der Waals surface area contributed by atoms with Gasteiger partial charge in [0.15, 0.2) is 0 Å². The second kappa shape index (κ2) is 5.45. The van der Waals surface area contributed by atoms with Crippen molar-refractivity contribution in [3.05, 3.63) is 60.4 Å². The van der Waals surface area contributed by atoms with Crippen molar-refractivity contribution in [3.8, 4) is 0 Å². The van der Waals surface area contributed by atoms with Crippen LogP contribution in [-0.2, 0) is 11.2 Å². The van der Waals surface area contributed by atoms with E-state index in [1.807, 2.05) is 35.2 Å². The number of carbonyl (C=O) groups excluding carboxylic acids is 1. The third-order valence-corrected chi connectivity index (χ3v) is 4.31. The number of benzene rings is 1. The number of nitrogens with zero attached hydrogens (tertiary/aromatic N) is 2. The molecule has 19 heavy (non-hydrogen) atoms. The average molecular weight is 270 g/mol. The maximum Gasteiger partial charge on any atom is 0.238 e. The lowest BCUT2D eigenvalue weighted by atomic mass is 10.1. The summed E-state index contributed by atoms with van der Waals surface area (Å²) in [7, 11) is 0. The zero-order chi connectivity index (χ0) is 13.1. The molecule has 1 amide bonds. The summed E-state index contributed by atoms with van der Waals surface area (Å²) >= 11 is 1.70. The molecule has 0 saturated carbocycles. The summed E-state index contributed by atoms with van der Waals surface area (Å²) in [6, 6.07) is 14.1. The minimum Gasteiger partial charge on any atom is -0.297 e. The van der Waals surface area contributed by atoms with Gasteiger partial charge in [-0.1, -0.05) is 30.3 Å². The Labute approximate surface area is 116 Å². The van der Waals surface area contributed by atoms with E-state index >= 15 is 0 Å². The molecule has 96 valence electrons. The fraction of sp³-hybridized carbons (Fsp3) is 0.200. The van der Waals surface area contributed by atoms with Gasteiger partial charge in [-0.05, 0) is 17.7 Å². The fourth-order valence-corrected chi connectivity index (χ4v) is 3.42. The van der Waals surface area contributed by atoms with Crippen molar-refractivity contribution < 1.29 is 4.79 Å². The number of aromatic nitrogens is 1. The van der Waals surface area contributed by atoms with Crippen LogP contribution in [0.4, 0.5) is 5.69 Å². The first-order valence-electron chi connectivity index (χ1n) is 6.22. The Hall–Kier alpha value is -1.81. The van der Waals surface area contributed by atoms with E-state index in [4.69, 9.17) is 0 Å². The molecule has 1 atom stereocenters. The summed E-state index contributed by atoms with van der Waals surface area (Å²) in [4.78, 5) is 18.0. The van der Waals surface area contributed by atoms with Crippen LogP contribution in [0.5, 0.6) is 0 Å². The van der Waals surface area contributed by atoms with Gasteiger partial charge >= 0.3 is 0 Å². The minimum absolute atomic E-state index is 0.166. The van der Waals surface area contributed by atoms with E-state index in [-0.39, 0.29) is 11.3 Å². The van der Waals surface area contributed by atoms with Gasteiger partial charge in [0.25, 0.3) is 0 Å². The van der Waals surface area contributed by atoms with Crippen molar-refractivity contribution in [2.75, 3.05) is 10.7 Å². The van der Waals surface area contributed by atoms with Gasteiger partial charge in [0.1, 0.15) is 0 Å². The maximum atomic E-state index is 12.1. The van der Waals surface area contributed by atoms with Gasteiger partial charge in [0.2, 0.25) is 5.91 Å². The Morgan fingerprint density at radius 3 is 2.79 bits per heavy atom. The topological polar surface area (TPSA) is 33.2 Å². The Kier molecular flexibility index (Phi) is 3.51. The SMILES string of the molecule is O=C1CSC(Cc2ccccc2)N1c1cccnc1. The Morgan fingerprint density at radius 1 is 1.21 bits per heavy atom. The van der Waals surface area contributed by atoms with Crippen LogP contribution in [0.3, 0.4) is 0 Å². The van der Waals surface area contributed by atoms with Gasteiger partial charge < -0.3 is 0 Å². The van der Waals surface area contributed by atoms with Crippen LogP contribution in [0, 0.1) is 0 Å². The predicted molar refractivity (Wildman–Crippen MR) is 78.1 cm³/mol. The van der Waals surface area contributed by atoms with Crippen molar-refractivity contribution in [1.82, 2.24) is 4.98 Å². The first-order valence-corrected chi connectivity index (χ1v) is 7.27. The van der Waals surface area contributed by atoms with E-state index in [1.54, 1.807) is 24.2 Å². The Morgan fingerprint density at radius 2 is 2.05 bits per heavy atom. The second-order valence-electron chi connectivity index (χ2n) is 4.43. The molecule has 1 aliphatic heterocycles. The number of hydrogen-bond acceptors (Lipinski definition) is 3. The van der Waals surface area contributed by atoms with Crippen molar-refractivity contribution in [1.29, 1.82) is 0 Å². The molecule has 3 nitrogen and oxygen atoms in total. The van der Waals surface area contributed by atoms with Crippen molar-refractivity contribution in [2.45, 2.75) is 11.8 Å². The van der Waals surface area contributed by atoms with Gasteiger partial charge in [-0.3, -0.25) is 14.7 Å². The van der Waals surface area contributed by atoms with Gasteiger partial charge in [-0.15, -0.1) is 11.8 Å². The highest BCUT2D eigenvalue weighted by molar-refractivity contribution is 8.01. The molecule has 2 aromatic rings. The normalized spacial score (nSPS) is 18.8. The first kappa shape index (κ1) is 12.2. The molecule has 1 fully saturated rings. The highest BCUT2D eigenvalue weighted by atomic mass is 32.2. The molecule has 0 radical (unpaired) electrons.